The maximum Gasteiger partial charge on any atom is 0.310 e. The summed E-state index contributed by atoms with van der Waals surface area (Å²) in [6, 6.07) is 20.6. The largest absolute Gasteiger partial charge is 0.492 e. The number of rotatable bonds is 9. The van der Waals surface area contributed by atoms with E-state index in [1.54, 1.807) is 19.9 Å². The van der Waals surface area contributed by atoms with Gasteiger partial charge in [0, 0.05) is 10.8 Å². The predicted octanol–water partition coefficient (Wildman–Crippen LogP) is 5.86. The molecule has 2 amide bonds. The van der Waals surface area contributed by atoms with Gasteiger partial charge in [-0.1, -0.05) is 60.7 Å². The van der Waals surface area contributed by atoms with E-state index in [0.717, 1.165) is 16.5 Å². The van der Waals surface area contributed by atoms with Crippen LogP contribution in [0.15, 0.2) is 72.8 Å². The molecule has 1 aliphatic heterocycles. The van der Waals surface area contributed by atoms with Gasteiger partial charge in [-0.15, -0.1) is 0 Å². The van der Waals surface area contributed by atoms with Crippen molar-refractivity contribution in [3.05, 3.63) is 101 Å². The minimum atomic E-state index is -0.729. The van der Waals surface area contributed by atoms with E-state index in [1.165, 1.54) is 12.1 Å². The van der Waals surface area contributed by atoms with E-state index in [2.05, 4.69) is 0 Å². The van der Waals surface area contributed by atoms with E-state index in [-0.39, 0.29) is 60.1 Å². The molecule has 0 saturated carbocycles. The number of carbonyl (C=O) groups excluding carboxylic acids is 3. The summed E-state index contributed by atoms with van der Waals surface area (Å²) < 4.78 is 32.0. The zero-order chi connectivity index (χ0) is 27.5. The van der Waals surface area contributed by atoms with Crippen molar-refractivity contribution in [3.8, 4) is 11.5 Å². The van der Waals surface area contributed by atoms with Gasteiger partial charge in [-0.25, -0.2) is 9.29 Å². The molecule has 0 aliphatic carbocycles. The van der Waals surface area contributed by atoms with Crippen molar-refractivity contribution in [1.82, 2.24) is 0 Å². The molecule has 0 N–H and O–H groups in total. The summed E-state index contributed by atoms with van der Waals surface area (Å²) in [5, 5.41) is 1.25. The third kappa shape index (κ3) is 4.81. The number of esters is 1. The number of benzene rings is 4. The fourth-order valence-corrected chi connectivity index (χ4v) is 4.69. The zero-order valence-corrected chi connectivity index (χ0v) is 21.5. The van der Waals surface area contributed by atoms with Gasteiger partial charge in [0.1, 0.15) is 23.9 Å². The van der Waals surface area contributed by atoms with Crippen molar-refractivity contribution in [2.45, 2.75) is 26.9 Å². The minimum Gasteiger partial charge on any atom is -0.492 e. The average molecular weight is 528 g/mol. The van der Waals surface area contributed by atoms with Crippen LogP contribution in [-0.2, 0) is 22.6 Å². The molecule has 0 aromatic heterocycles. The lowest BCUT2D eigenvalue weighted by Gasteiger charge is -2.16. The van der Waals surface area contributed by atoms with E-state index in [4.69, 9.17) is 14.2 Å². The van der Waals surface area contributed by atoms with Crippen LogP contribution in [0.25, 0.3) is 10.8 Å². The van der Waals surface area contributed by atoms with Crippen LogP contribution in [0.4, 0.5) is 10.1 Å². The second-order valence-electron chi connectivity index (χ2n) is 8.86. The molecule has 0 unspecified atom stereocenters. The van der Waals surface area contributed by atoms with Gasteiger partial charge in [0.15, 0.2) is 0 Å². The third-order valence-electron chi connectivity index (χ3n) is 6.40. The van der Waals surface area contributed by atoms with Gasteiger partial charge < -0.3 is 14.2 Å². The van der Waals surface area contributed by atoms with Crippen LogP contribution in [0, 0.1) is 5.82 Å². The molecule has 198 valence electrons. The molecule has 4 aromatic carbocycles. The standard InChI is InChI=1S/C31H26FNO6/c1-3-37-25(34)16-20-14-15-21(17-24(20)32)33-30(35)26-27(31(33)36)29(39-18-19-10-6-5-7-11-19)23-13-9-8-12-22(23)28(26)38-4-2/h5-15,17H,3-4,16,18H2,1-2H3. The molecule has 0 radical (unpaired) electrons. The molecule has 0 fully saturated rings. The van der Waals surface area contributed by atoms with Crippen LogP contribution in [-0.4, -0.2) is 31.0 Å². The maximum absolute atomic E-state index is 15.0. The smallest absolute Gasteiger partial charge is 0.310 e. The van der Waals surface area contributed by atoms with Crippen LogP contribution in [0.2, 0.25) is 0 Å². The molecular weight excluding hydrogens is 501 g/mol. The molecule has 1 aliphatic rings. The summed E-state index contributed by atoms with van der Waals surface area (Å²) in [7, 11) is 0. The number of ether oxygens (including phenoxy) is 3. The van der Waals surface area contributed by atoms with Gasteiger partial charge in [0.05, 0.1) is 36.4 Å². The van der Waals surface area contributed by atoms with Crippen LogP contribution >= 0.6 is 0 Å². The quantitative estimate of drug-likeness (QED) is 0.200. The lowest BCUT2D eigenvalue weighted by molar-refractivity contribution is -0.142. The summed E-state index contributed by atoms with van der Waals surface area (Å²) in [5.74, 6) is -2.07. The van der Waals surface area contributed by atoms with E-state index in [9.17, 15) is 18.8 Å². The number of amides is 2. The predicted molar refractivity (Wildman–Crippen MR) is 144 cm³/mol. The number of nitrogens with zero attached hydrogens (tertiary/aromatic N) is 1. The fraction of sp³-hybridized carbons (Fsp3) is 0.194. The van der Waals surface area contributed by atoms with E-state index < -0.39 is 23.6 Å². The SMILES string of the molecule is CCOC(=O)Cc1ccc(N2C(=O)c3c(c(OCc4ccccc4)c4ccccc4c3OCC)C2=O)cc1F. The first kappa shape index (κ1) is 25.9. The Hall–Kier alpha value is -4.72. The molecule has 5 rings (SSSR count). The van der Waals surface area contributed by atoms with Crippen LogP contribution < -0.4 is 14.4 Å². The van der Waals surface area contributed by atoms with E-state index in [1.807, 2.05) is 48.5 Å². The number of fused-ring (bicyclic) bond motifs is 2. The Balaban J connectivity index is 1.61. The second-order valence-corrected chi connectivity index (χ2v) is 8.86. The number of anilines is 1. The first-order valence-electron chi connectivity index (χ1n) is 12.7. The van der Waals surface area contributed by atoms with Crippen molar-refractivity contribution in [1.29, 1.82) is 0 Å². The number of hydrogen-bond donors (Lipinski definition) is 0. The minimum absolute atomic E-state index is 0.0341. The van der Waals surface area contributed by atoms with Gasteiger partial charge >= 0.3 is 5.97 Å². The summed E-state index contributed by atoms with van der Waals surface area (Å²) in [4.78, 5) is 40.4. The van der Waals surface area contributed by atoms with Crippen molar-refractivity contribution in [2.75, 3.05) is 18.1 Å². The highest BCUT2D eigenvalue weighted by Crippen LogP contribution is 2.46. The van der Waals surface area contributed by atoms with E-state index in [0.29, 0.717) is 10.8 Å². The first-order chi connectivity index (χ1) is 18.9. The Bertz CT molecular complexity index is 1580. The van der Waals surface area contributed by atoms with Crippen molar-refractivity contribution < 1.29 is 33.0 Å². The van der Waals surface area contributed by atoms with Crippen molar-refractivity contribution >= 4 is 34.2 Å². The highest BCUT2D eigenvalue weighted by Gasteiger charge is 2.43. The molecule has 0 atom stereocenters. The van der Waals surface area contributed by atoms with Crippen molar-refractivity contribution in [2.24, 2.45) is 0 Å². The Labute approximate surface area is 224 Å². The second kappa shape index (κ2) is 10.9. The Morgan fingerprint density at radius 2 is 1.41 bits per heavy atom. The van der Waals surface area contributed by atoms with Gasteiger partial charge in [-0.05, 0) is 37.1 Å². The maximum atomic E-state index is 15.0. The summed E-state index contributed by atoms with van der Waals surface area (Å²) >= 11 is 0. The van der Waals surface area contributed by atoms with Crippen LogP contribution in [0.3, 0.4) is 0 Å². The number of hydrogen-bond acceptors (Lipinski definition) is 6. The van der Waals surface area contributed by atoms with Gasteiger partial charge in [-0.3, -0.25) is 14.4 Å². The van der Waals surface area contributed by atoms with E-state index >= 15 is 0 Å². The zero-order valence-electron chi connectivity index (χ0n) is 21.5. The Kier molecular flexibility index (Phi) is 7.27. The summed E-state index contributed by atoms with van der Waals surface area (Å²) in [6.07, 6.45) is -0.264. The van der Waals surface area contributed by atoms with Crippen LogP contribution in [0.1, 0.15) is 45.7 Å². The van der Waals surface area contributed by atoms with Gasteiger partial charge in [0.2, 0.25) is 0 Å². The molecule has 4 aromatic rings. The van der Waals surface area contributed by atoms with Crippen LogP contribution in [0.5, 0.6) is 11.5 Å². The summed E-state index contributed by atoms with van der Waals surface area (Å²) in [6.45, 7) is 4.07. The van der Waals surface area contributed by atoms with Gasteiger partial charge in [0.25, 0.3) is 11.8 Å². The van der Waals surface area contributed by atoms with Crippen molar-refractivity contribution in [3.63, 3.8) is 0 Å². The fourth-order valence-electron chi connectivity index (χ4n) is 4.69. The number of halogens is 1. The highest BCUT2D eigenvalue weighted by molar-refractivity contribution is 6.38. The molecule has 0 saturated heterocycles. The Morgan fingerprint density at radius 3 is 2.00 bits per heavy atom. The lowest BCUT2D eigenvalue weighted by Crippen LogP contribution is -2.29. The monoisotopic (exact) mass is 527 g/mol. The Morgan fingerprint density at radius 1 is 0.795 bits per heavy atom. The normalized spacial score (nSPS) is 12.5. The van der Waals surface area contributed by atoms with Gasteiger partial charge in [-0.2, -0.15) is 0 Å². The highest BCUT2D eigenvalue weighted by atomic mass is 19.1. The molecule has 0 bridgehead atoms. The first-order valence-corrected chi connectivity index (χ1v) is 12.7. The molecule has 39 heavy (non-hydrogen) atoms. The topological polar surface area (TPSA) is 82.1 Å². The summed E-state index contributed by atoms with van der Waals surface area (Å²) in [5.41, 5.74) is 1.15. The number of carbonyl (C=O) groups is 3. The lowest BCUT2D eigenvalue weighted by atomic mass is 9.99. The molecule has 0 spiro atoms. The molecule has 7 nitrogen and oxygen atoms in total. The molecule has 1 heterocycles. The average Bonchev–Trinajstić information content (AvgIpc) is 3.20. The molecular formula is C31H26FNO6. The number of imide groups is 1. The molecule has 8 heteroatoms. The third-order valence-corrected chi connectivity index (χ3v) is 6.40.